The molecule has 0 spiro atoms. The fraction of sp³-hybridized carbons (Fsp3) is 0.355. The topological polar surface area (TPSA) is 98.6 Å². The number of hydrogen-bond acceptors (Lipinski definition) is 6. The van der Waals surface area contributed by atoms with Crippen molar-refractivity contribution in [1.29, 1.82) is 0 Å². The highest BCUT2D eigenvalue weighted by Gasteiger charge is 2.36. The molecule has 210 valence electrons. The van der Waals surface area contributed by atoms with E-state index in [0.717, 1.165) is 16.6 Å². The zero-order chi connectivity index (χ0) is 29.0. The lowest BCUT2D eigenvalue weighted by Crippen LogP contribution is -2.50. The van der Waals surface area contributed by atoms with Gasteiger partial charge in [0.1, 0.15) is 18.1 Å². The number of ether oxygens (including phenoxy) is 2. The molecular weight excluding hydrogens is 506 g/mol. The van der Waals surface area contributed by atoms with Crippen molar-refractivity contribution in [2.75, 3.05) is 18.6 Å². The van der Waals surface area contributed by atoms with Crippen LogP contribution in [-0.2, 0) is 16.1 Å². The number of methoxy groups -OCH3 is 1. The van der Waals surface area contributed by atoms with E-state index in [-0.39, 0.29) is 18.4 Å². The molecule has 3 aromatic carbocycles. The van der Waals surface area contributed by atoms with Gasteiger partial charge in [0.05, 0.1) is 19.2 Å². The Morgan fingerprint density at radius 1 is 1.02 bits per heavy atom. The Hall–Kier alpha value is -4.40. The first kappa shape index (κ1) is 28.6. The Morgan fingerprint density at radius 2 is 1.77 bits per heavy atom. The number of nitrogens with one attached hydrogen (secondary N) is 1. The average Bonchev–Trinajstić information content (AvgIpc) is 3.30. The first-order chi connectivity index (χ1) is 19.0. The van der Waals surface area contributed by atoms with Gasteiger partial charge < -0.3 is 14.8 Å². The number of fused-ring (bicyclic) bond motifs is 1. The fourth-order valence-corrected chi connectivity index (χ4v) is 4.72. The number of amides is 2. The molecule has 0 bridgehead atoms. The highest BCUT2D eigenvalue weighted by atomic mass is 16.5. The summed E-state index contributed by atoms with van der Waals surface area (Å²) < 4.78 is 12.9. The average molecular weight is 544 g/mol. The standard InChI is InChI=1S/C31H37N5O4/c1-8-40-26-16-14-22(18-27(26)39-7)29(30(38)32-31(4,5)6)36(24-15-13-20(2)17-21(24)3)28(37)19-35-25-12-10-9-11-23(25)33-34-35/h9-18,29H,8,19H2,1-7H3,(H,32,38)/t29-/m0/s1. The number of aryl methyl sites for hydroxylation is 2. The molecule has 1 heterocycles. The van der Waals surface area contributed by atoms with Crippen LogP contribution in [0.3, 0.4) is 0 Å². The largest absolute Gasteiger partial charge is 0.493 e. The molecule has 4 rings (SSSR count). The summed E-state index contributed by atoms with van der Waals surface area (Å²) >= 11 is 0. The summed E-state index contributed by atoms with van der Waals surface area (Å²) in [7, 11) is 1.55. The van der Waals surface area contributed by atoms with Crippen LogP contribution in [0.25, 0.3) is 11.0 Å². The Kier molecular flexibility index (Phi) is 8.42. The third kappa shape index (κ3) is 6.25. The van der Waals surface area contributed by atoms with Gasteiger partial charge in [-0.3, -0.25) is 14.5 Å². The molecule has 0 aliphatic carbocycles. The van der Waals surface area contributed by atoms with Crippen LogP contribution in [-0.4, -0.2) is 46.1 Å². The second kappa shape index (κ2) is 11.8. The van der Waals surface area contributed by atoms with Crippen LogP contribution >= 0.6 is 0 Å². The van der Waals surface area contributed by atoms with Crippen molar-refractivity contribution >= 4 is 28.5 Å². The number of anilines is 1. The fourth-order valence-electron chi connectivity index (χ4n) is 4.72. The van der Waals surface area contributed by atoms with Gasteiger partial charge in [0.15, 0.2) is 11.5 Å². The number of aromatic nitrogens is 3. The number of nitrogens with zero attached hydrogens (tertiary/aromatic N) is 4. The van der Waals surface area contributed by atoms with Crippen molar-refractivity contribution in [2.24, 2.45) is 0 Å². The molecule has 2 amide bonds. The molecule has 0 aliphatic heterocycles. The third-order valence-electron chi connectivity index (χ3n) is 6.39. The summed E-state index contributed by atoms with van der Waals surface area (Å²) in [5.41, 5.74) is 4.00. The van der Waals surface area contributed by atoms with Crippen molar-refractivity contribution in [3.63, 3.8) is 0 Å². The first-order valence-electron chi connectivity index (χ1n) is 13.3. The van der Waals surface area contributed by atoms with Crippen LogP contribution in [0.5, 0.6) is 11.5 Å². The molecule has 1 atom stereocenters. The molecule has 40 heavy (non-hydrogen) atoms. The highest BCUT2D eigenvalue weighted by molar-refractivity contribution is 6.02. The molecule has 9 heteroatoms. The van der Waals surface area contributed by atoms with E-state index in [1.165, 1.54) is 0 Å². The SMILES string of the molecule is CCOc1ccc([C@@H](C(=O)NC(C)(C)C)N(C(=O)Cn2nnc3ccccc32)c2ccc(C)cc2C)cc1OC. The summed E-state index contributed by atoms with van der Waals surface area (Å²) in [6.45, 7) is 11.9. The van der Waals surface area contributed by atoms with E-state index in [1.54, 1.807) is 34.9 Å². The maximum absolute atomic E-state index is 14.3. The lowest BCUT2D eigenvalue weighted by Gasteiger charge is -2.35. The van der Waals surface area contributed by atoms with Crippen LogP contribution in [0.15, 0.2) is 60.7 Å². The van der Waals surface area contributed by atoms with E-state index in [1.807, 2.05) is 84.0 Å². The first-order valence-corrected chi connectivity index (χ1v) is 13.3. The molecule has 1 aromatic heterocycles. The summed E-state index contributed by atoms with van der Waals surface area (Å²) in [6.07, 6.45) is 0. The van der Waals surface area contributed by atoms with Gasteiger partial charge >= 0.3 is 0 Å². The molecule has 0 saturated carbocycles. The second-order valence-electron chi connectivity index (χ2n) is 10.8. The molecular formula is C31H37N5O4. The predicted molar refractivity (Wildman–Crippen MR) is 156 cm³/mol. The van der Waals surface area contributed by atoms with Crippen molar-refractivity contribution in [3.05, 3.63) is 77.4 Å². The minimum Gasteiger partial charge on any atom is -0.493 e. The van der Waals surface area contributed by atoms with E-state index in [2.05, 4.69) is 15.6 Å². The Labute approximate surface area is 235 Å². The predicted octanol–water partition coefficient (Wildman–Crippen LogP) is 5.14. The minimum absolute atomic E-state index is 0.110. The van der Waals surface area contributed by atoms with Crippen molar-refractivity contribution in [2.45, 2.75) is 59.7 Å². The minimum atomic E-state index is -1.01. The Morgan fingerprint density at radius 3 is 2.45 bits per heavy atom. The van der Waals surface area contributed by atoms with Crippen molar-refractivity contribution < 1.29 is 19.1 Å². The summed E-state index contributed by atoms with van der Waals surface area (Å²) in [6, 6.07) is 17.6. The van der Waals surface area contributed by atoms with Crippen LogP contribution in [0.4, 0.5) is 5.69 Å². The van der Waals surface area contributed by atoms with Gasteiger partial charge in [0.25, 0.3) is 0 Å². The summed E-state index contributed by atoms with van der Waals surface area (Å²) in [5, 5.41) is 11.5. The van der Waals surface area contributed by atoms with Gasteiger partial charge in [0, 0.05) is 11.2 Å². The maximum atomic E-state index is 14.3. The normalized spacial score (nSPS) is 12.2. The number of benzene rings is 3. The van der Waals surface area contributed by atoms with Gasteiger partial charge in [-0.25, -0.2) is 4.68 Å². The third-order valence-corrected chi connectivity index (χ3v) is 6.39. The molecule has 0 unspecified atom stereocenters. The lowest BCUT2D eigenvalue weighted by molar-refractivity contribution is -0.128. The zero-order valence-electron chi connectivity index (χ0n) is 24.2. The van der Waals surface area contributed by atoms with Gasteiger partial charge in [-0.05, 0) is 83.0 Å². The van der Waals surface area contributed by atoms with Gasteiger partial charge in [0.2, 0.25) is 11.8 Å². The molecule has 0 saturated heterocycles. The number of carbonyl (C=O) groups is 2. The summed E-state index contributed by atoms with van der Waals surface area (Å²) in [5.74, 6) is 0.394. The molecule has 0 radical (unpaired) electrons. The number of para-hydroxylation sites is 1. The van der Waals surface area contributed by atoms with Gasteiger partial charge in [-0.1, -0.05) is 41.1 Å². The number of hydrogen-bond donors (Lipinski definition) is 1. The molecule has 0 aliphatic rings. The maximum Gasteiger partial charge on any atom is 0.249 e. The Balaban J connectivity index is 1.89. The smallest absolute Gasteiger partial charge is 0.249 e. The highest BCUT2D eigenvalue weighted by Crippen LogP contribution is 2.36. The molecule has 9 nitrogen and oxygen atoms in total. The molecule has 0 fully saturated rings. The van der Waals surface area contributed by atoms with Crippen LogP contribution in [0.2, 0.25) is 0 Å². The Bertz CT molecular complexity index is 1520. The van der Waals surface area contributed by atoms with E-state index >= 15 is 0 Å². The van der Waals surface area contributed by atoms with Crippen LogP contribution < -0.4 is 19.7 Å². The summed E-state index contributed by atoms with van der Waals surface area (Å²) in [4.78, 5) is 29.9. The number of rotatable bonds is 9. The zero-order valence-corrected chi connectivity index (χ0v) is 24.2. The number of carbonyl (C=O) groups excluding carboxylic acids is 2. The van der Waals surface area contributed by atoms with Crippen molar-refractivity contribution in [1.82, 2.24) is 20.3 Å². The van der Waals surface area contributed by atoms with Crippen LogP contribution in [0, 0.1) is 13.8 Å². The van der Waals surface area contributed by atoms with E-state index in [4.69, 9.17) is 9.47 Å². The second-order valence-corrected chi connectivity index (χ2v) is 10.8. The van der Waals surface area contributed by atoms with E-state index < -0.39 is 11.6 Å². The molecule has 1 N–H and O–H groups in total. The van der Waals surface area contributed by atoms with Crippen LogP contribution in [0.1, 0.15) is 50.4 Å². The quantitative estimate of drug-likeness (QED) is 0.314. The van der Waals surface area contributed by atoms with Gasteiger partial charge in [-0.2, -0.15) is 0 Å². The van der Waals surface area contributed by atoms with Gasteiger partial charge in [-0.15, -0.1) is 5.10 Å². The molecule has 4 aromatic rings. The monoisotopic (exact) mass is 543 g/mol. The van der Waals surface area contributed by atoms with E-state index in [0.29, 0.717) is 34.9 Å². The van der Waals surface area contributed by atoms with Crippen molar-refractivity contribution in [3.8, 4) is 11.5 Å². The van der Waals surface area contributed by atoms with E-state index in [9.17, 15) is 9.59 Å². The lowest BCUT2D eigenvalue weighted by atomic mass is 9.99.